The summed E-state index contributed by atoms with van der Waals surface area (Å²) in [6, 6.07) is 18.7. The van der Waals surface area contributed by atoms with Crippen molar-refractivity contribution in [2.75, 3.05) is 7.11 Å². The van der Waals surface area contributed by atoms with E-state index in [0.717, 1.165) is 16.8 Å². The molecule has 3 aromatic heterocycles. The van der Waals surface area contributed by atoms with Gasteiger partial charge in [0.05, 0.1) is 30.9 Å². The summed E-state index contributed by atoms with van der Waals surface area (Å²) in [5, 5.41) is 15.8. The van der Waals surface area contributed by atoms with Crippen LogP contribution in [0.15, 0.2) is 90.2 Å². The molecule has 1 N–H and O–H groups in total. The first kappa shape index (κ1) is 18.6. The number of aromatic nitrogens is 6. The van der Waals surface area contributed by atoms with Gasteiger partial charge in [-0.25, -0.2) is 9.36 Å². The number of H-pyrrole nitrogens is 1. The molecule has 0 saturated carbocycles. The van der Waals surface area contributed by atoms with E-state index in [4.69, 9.17) is 4.74 Å². The predicted molar refractivity (Wildman–Crippen MR) is 117 cm³/mol. The van der Waals surface area contributed by atoms with Crippen molar-refractivity contribution in [3.05, 3.63) is 95.7 Å². The van der Waals surface area contributed by atoms with Gasteiger partial charge in [-0.15, -0.1) is 0 Å². The summed E-state index contributed by atoms with van der Waals surface area (Å²) in [4.78, 5) is 12.7. The van der Waals surface area contributed by atoms with Crippen molar-refractivity contribution in [2.45, 2.75) is 0 Å². The Kier molecular flexibility index (Phi) is 4.64. The van der Waals surface area contributed by atoms with E-state index >= 15 is 0 Å². The number of nitrogens with zero attached hydrogens (tertiary/aromatic N) is 5. The number of hydrogen-bond donors (Lipinski definition) is 1. The first-order valence-electron chi connectivity index (χ1n) is 9.62. The smallest absolute Gasteiger partial charge is 0.209 e. The summed E-state index contributed by atoms with van der Waals surface area (Å²) < 4.78 is 8.94. The maximum atomic E-state index is 12.7. The van der Waals surface area contributed by atoms with Crippen molar-refractivity contribution in [1.29, 1.82) is 0 Å². The lowest BCUT2D eigenvalue weighted by atomic mass is 10.1. The highest BCUT2D eigenvalue weighted by molar-refractivity contribution is 5.67. The van der Waals surface area contributed by atoms with Crippen LogP contribution in [0.3, 0.4) is 0 Å². The Morgan fingerprint density at radius 1 is 1.00 bits per heavy atom. The fraction of sp³-hybridized carbons (Fsp3) is 0.0435. The van der Waals surface area contributed by atoms with Crippen LogP contribution in [0.2, 0.25) is 0 Å². The maximum absolute atomic E-state index is 12.7. The van der Waals surface area contributed by atoms with Crippen molar-refractivity contribution in [1.82, 2.24) is 29.8 Å². The molecule has 0 aliphatic heterocycles. The van der Waals surface area contributed by atoms with E-state index in [-0.39, 0.29) is 5.43 Å². The molecule has 0 atom stereocenters. The Morgan fingerprint density at radius 2 is 1.87 bits per heavy atom. The minimum Gasteiger partial charge on any atom is -0.494 e. The SMILES string of the molecule is COc1cc(-c2cn[nH]c2)ccc1-n1ccc(=O)c(-c2ccnn2-c2ccccc2)n1. The molecule has 0 bridgehead atoms. The van der Waals surface area contributed by atoms with Crippen molar-refractivity contribution >= 4 is 0 Å². The minimum absolute atomic E-state index is 0.192. The number of benzene rings is 2. The van der Waals surface area contributed by atoms with Gasteiger partial charge in [-0.2, -0.15) is 15.3 Å². The molecule has 0 unspecified atom stereocenters. The molecule has 8 nitrogen and oxygen atoms in total. The topological polar surface area (TPSA) is 90.6 Å². The standard InChI is InChI=1S/C23H18N6O2/c1-31-22-13-16(17-14-24-25-15-17)7-8-19(22)28-12-10-21(30)23(27-28)20-9-11-26-29(20)18-5-3-2-4-6-18/h2-15H,1H3,(H,24,25). The van der Waals surface area contributed by atoms with E-state index in [1.165, 1.54) is 6.07 Å². The Labute approximate surface area is 177 Å². The van der Waals surface area contributed by atoms with Gasteiger partial charge in [0.15, 0.2) is 5.69 Å². The van der Waals surface area contributed by atoms with Crippen molar-refractivity contribution < 1.29 is 4.74 Å². The molecule has 0 radical (unpaired) electrons. The van der Waals surface area contributed by atoms with E-state index in [2.05, 4.69) is 20.4 Å². The molecule has 0 aliphatic rings. The van der Waals surface area contributed by atoms with E-state index in [9.17, 15) is 4.79 Å². The van der Waals surface area contributed by atoms with Crippen LogP contribution in [0, 0.1) is 0 Å². The molecule has 0 spiro atoms. The highest BCUT2D eigenvalue weighted by atomic mass is 16.5. The summed E-state index contributed by atoms with van der Waals surface area (Å²) in [5.74, 6) is 0.623. The van der Waals surface area contributed by atoms with Gasteiger partial charge in [0, 0.05) is 24.0 Å². The monoisotopic (exact) mass is 410 g/mol. The van der Waals surface area contributed by atoms with Gasteiger partial charge in [-0.05, 0) is 35.9 Å². The second-order valence-electron chi connectivity index (χ2n) is 6.81. The molecule has 2 aromatic carbocycles. The molecule has 0 amide bonds. The van der Waals surface area contributed by atoms with Crippen LogP contribution in [0.25, 0.3) is 33.9 Å². The van der Waals surface area contributed by atoms with Crippen molar-refractivity contribution in [3.63, 3.8) is 0 Å². The molecule has 31 heavy (non-hydrogen) atoms. The minimum atomic E-state index is -0.192. The van der Waals surface area contributed by atoms with Crippen LogP contribution in [-0.4, -0.2) is 36.9 Å². The Balaban J connectivity index is 1.61. The lowest BCUT2D eigenvalue weighted by molar-refractivity contribution is 0.411. The number of para-hydroxylation sites is 1. The Hall–Kier alpha value is -4.46. The van der Waals surface area contributed by atoms with Crippen LogP contribution in [0.4, 0.5) is 0 Å². The summed E-state index contributed by atoms with van der Waals surface area (Å²) in [6.07, 6.45) is 6.84. The average molecular weight is 410 g/mol. The third-order valence-electron chi connectivity index (χ3n) is 4.95. The van der Waals surface area contributed by atoms with E-state index < -0.39 is 0 Å². The summed E-state index contributed by atoms with van der Waals surface area (Å²) in [5.41, 5.74) is 4.18. The summed E-state index contributed by atoms with van der Waals surface area (Å²) in [6.45, 7) is 0. The van der Waals surface area contributed by atoms with Crippen LogP contribution < -0.4 is 10.2 Å². The van der Waals surface area contributed by atoms with Crippen LogP contribution in [0.1, 0.15) is 0 Å². The van der Waals surface area contributed by atoms with Gasteiger partial charge in [-0.1, -0.05) is 24.3 Å². The van der Waals surface area contributed by atoms with Gasteiger partial charge in [0.2, 0.25) is 5.43 Å². The van der Waals surface area contributed by atoms with Gasteiger partial charge in [-0.3, -0.25) is 9.89 Å². The number of aromatic amines is 1. The number of ether oxygens (including phenoxy) is 1. The average Bonchev–Trinajstić information content (AvgIpc) is 3.52. The van der Waals surface area contributed by atoms with Gasteiger partial charge in [0.25, 0.3) is 0 Å². The third kappa shape index (κ3) is 3.40. The Morgan fingerprint density at radius 3 is 2.65 bits per heavy atom. The Bertz CT molecular complexity index is 1390. The molecule has 0 aliphatic carbocycles. The molecule has 152 valence electrons. The lowest BCUT2D eigenvalue weighted by Crippen LogP contribution is -2.15. The normalized spacial score (nSPS) is 10.9. The second-order valence-corrected chi connectivity index (χ2v) is 6.81. The zero-order chi connectivity index (χ0) is 21.2. The molecule has 8 heteroatoms. The first-order chi connectivity index (χ1) is 15.2. The van der Waals surface area contributed by atoms with Crippen LogP contribution in [0.5, 0.6) is 5.75 Å². The van der Waals surface area contributed by atoms with Crippen LogP contribution in [-0.2, 0) is 0 Å². The molecule has 0 saturated heterocycles. The summed E-state index contributed by atoms with van der Waals surface area (Å²) >= 11 is 0. The highest BCUT2D eigenvalue weighted by Crippen LogP contribution is 2.29. The van der Waals surface area contributed by atoms with Crippen LogP contribution >= 0.6 is 0 Å². The lowest BCUT2D eigenvalue weighted by Gasteiger charge is -2.13. The highest BCUT2D eigenvalue weighted by Gasteiger charge is 2.15. The number of hydrogen-bond acceptors (Lipinski definition) is 5. The van der Waals surface area contributed by atoms with Crippen molar-refractivity contribution in [2.24, 2.45) is 0 Å². The first-order valence-corrected chi connectivity index (χ1v) is 9.62. The second kappa shape index (κ2) is 7.75. The molecule has 5 rings (SSSR count). The fourth-order valence-electron chi connectivity index (χ4n) is 3.43. The van der Waals surface area contributed by atoms with Gasteiger partial charge < -0.3 is 4.74 Å². The molecule has 3 heterocycles. The fourth-order valence-corrected chi connectivity index (χ4v) is 3.43. The van der Waals surface area contributed by atoms with Gasteiger partial charge in [0.1, 0.15) is 11.4 Å². The molecular formula is C23H18N6O2. The van der Waals surface area contributed by atoms with Crippen molar-refractivity contribution in [3.8, 4) is 39.6 Å². The summed E-state index contributed by atoms with van der Waals surface area (Å²) in [7, 11) is 1.60. The van der Waals surface area contributed by atoms with Gasteiger partial charge >= 0.3 is 0 Å². The molecule has 0 fully saturated rings. The van der Waals surface area contributed by atoms with E-state index in [1.54, 1.807) is 41.1 Å². The van der Waals surface area contributed by atoms with E-state index in [0.29, 0.717) is 22.8 Å². The predicted octanol–water partition coefficient (Wildman–Crippen LogP) is 3.48. The zero-order valence-corrected chi connectivity index (χ0v) is 16.6. The maximum Gasteiger partial charge on any atom is 0.209 e. The van der Waals surface area contributed by atoms with E-state index in [1.807, 2.05) is 54.7 Å². The number of rotatable bonds is 5. The molecular weight excluding hydrogens is 392 g/mol. The quantitative estimate of drug-likeness (QED) is 0.479. The molecule has 5 aromatic rings. The zero-order valence-electron chi connectivity index (χ0n) is 16.6. The third-order valence-corrected chi connectivity index (χ3v) is 4.95. The number of methoxy groups -OCH3 is 1. The largest absolute Gasteiger partial charge is 0.494 e. The number of nitrogens with one attached hydrogen (secondary N) is 1.